The zero-order valence-electron chi connectivity index (χ0n) is 10.8. The summed E-state index contributed by atoms with van der Waals surface area (Å²) >= 11 is 0. The zero-order chi connectivity index (χ0) is 12.5. The average molecular weight is 234 g/mol. The SMILES string of the molecule is CC1C(CCCO)CCC2=CC(=O)C=CC21C. The highest BCUT2D eigenvalue weighted by molar-refractivity contribution is 6.01. The molecule has 3 unspecified atom stereocenters. The van der Waals surface area contributed by atoms with E-state index in [1.54, 1.807) is 6.08 Å². The number of ketones is 1. The fraction of sp³-hybridized carbons (Fsp3) is 0.667. The third kappa shape index (κ3) is 2.23. The first kappa shape index (κ1) is 12.6. The first-order valence-corrected chi connectivity index (χ1v) is 6.63. The van der Waals surface area contributed by atoms with E-state index in [4.69, 9.17) is 5.11 Å². The van der Waals surface area contributed by atoms with Gasteiger partial charge in [-0.25, -0.2) is 0 Å². The molecule has 0 aromatic carbocycles. The summed E-state index contributed by atoms with van der Waals surface area (Å²) in [7, 11) is 0. The molecule has 2 nitrogen and oxygen atoms in total. The number of carbonyl (C=O) groups is 1. The first-order valence-electron chi connectivity index (χ1n) is 6.63. The number of aliphatic hydroxyl groups is 1. The molecule has 1 N–H and O–H groups in total. The predicted octanol–water partition coefficient (Wildman–Crippen LogP) is 2.88. The molecule has 0 aromatic heterocycles. The second kappa shape index (κ2) is 4.77. The van der Waals surface area contributed by atoms with E-state index in [1.807, 2.05) is 6.08 Å². The molecule has 0 aliphatic heterocycles. The minimum Gasteiger partial charge on any atom is -0.396 e. The molecule has 2 rings (SSSR count). The van der Waals surface area contributed by atoms with Crippen molar-refractivity contribution >= 4 is 5.78 Å². The van der Waals surface area contributed by atoms with Crippen LogP contribution in [0.2, 0.25) is 0 Å². The molecule has 0 radical (unpaired) electrons. The number of rotatable bonds is 3. The molecule has 0 heterocycles. The molecule has 1 fully saturated rings. The number of allylic oxidation sites excluding steroid dienone is 4. The van der Waals surface area contributed by atoms with E-state index in [1.165, 1.54) is 5.57 Å². The molecule has 1 saturated carbocycles. The van der Waals surface area contributed by atoms with Gasteiger partial charge in [0.2, 0.25) is 0 Å². The summed E-state index contributed by atoms with van der Waals surface area (Å²) in [6.45, 7) is 4.82. The van der Waals surface area contributed by atoms with Crippen LogP contribution in [0.15, 0.2) is 23.8 Å². The lowest BCUT2D eigenvalue weighted by Gasteiger charge is -2.46. The fourth-order valence-corrected chi connectivity index (χ4v) is 3.35. The Morgan fingerprint density at radius 3 is 3.00 bits per heavy atom. The summed E-state index contributed by atoms with van der Waals surface area (Å²) in [5.74, 6) is 1.36. The Kier molecular flexibility index (Phi) is 3.53. The van der Waals surface area contributed by atoms with E-state index in [9.17, 15) is 4.79 Å². The lowest BCUT2D eigenvalue weighted by atomic mass is 9.58. The van der Waals surface area contributed by atoms with Gasteiger partial charge in [-0.1, -0.05) is 25.5 Å². The van der Waals surface area contributed by atoms with Gasteiger partial charge in [0, 0.05) is 12.0 Å². The second-order valence-electron chi connectivity index (χ2n) is 5.64. The fourth-order valence-electron chi connectivity index (χ4n) is 3.35. The smallest absolute Gasteiger partial charge is 0.178 e. The number of hydrogen-bond acceptors (Lipinski definition) is 2. The van der Waals surface area contributed by atoms with Gasteiger partial charge >= 0.3 is 0 Å². The summed E-state index contributed by atoms with van der Waals surface area (Å²) < 4.78 is 0. The van der Waals surface area contributed by atoms with Crippen LogP contribution >= 0.6 is 0 Å². The molecule has 0 saturated heterocycles. The quantitative estimate of drug-likeness (QED) is 0.815. The average Bonchev–Trinajstić information content (AvgIpc) is 2.31. The van der Waals surface area contributed by atoms with Crippen molar-refractivity contribution in [1.82, 2.24) is 0 Å². The second-order valence-corrected chi connectivity index (χ2v) is 5.64. The van der Waals surface area contributed by atoms with Crippen molar-refractivity contribution in [2.24, 2.45) is 17.3 Å². The van der Waals surface area contributed by atoms with Crippen molar-refractivity contribution in [2.45, 2.75) is 39.5 Å². The molecule has 0 spiro atoms. The van der Waals surface area contributed by atoms with Crippen LogP contribution in [0.25, 0.3) is 0 Å². The van der Waals surface area contributed by atoms with Crippen molar-refractivity contribution in [3.63, 3.8) is 0 Å². The van der Waals surface area contributed by atoms with E-state index in [2.05, 4.69) is 19.9 Å². The molecule has 0 aromatic rings. The summed E-state index contributed by atoms with van der Waals surface area (Å²) in [6.07, 6.45) is 9.83. The third-order valence-corrected chi connectivity index (χ3v) is 4.77. The van der Waals surface area contributed by atoms with Crippen molar-refractivity contribution in [2.75, 3.05) is 6.61 Å². The Balaban J connectivity index is 2.17. The highest BCUT2D eigenvalue weighted by Gasteiger charge is 2.41. The molecular weight excluding hydrogens is 212 g/mol. The monoisotopic (exact) mass is 234 g/mol. The molecule has 2 heteroatoms. The molecular formula is C15H22O2. The van der Waals surface area contributed by atoms with Crippen molar-refractivity contribution in [1.29, 1.82) is 0 Å². The van der Waals surface area contributed by atoms with Gasteiger partial charge in [-0.15, -0.1) is 0 Å². The van der Waals surface area contributed by atoms with Crippen LogP contribution in [-0.4, -0.2) is 17.5 Å². The highest BCUT2D eigenvalue weighted by Crippen LogP contribution is 2.50. The minimum atomic E-state index is 0.0618. The van der Waals surface area contributed by atoms with Crippen LogP contribution in [-0.2, 0) is 4.79 Å². The molecule has 0 amide bonds. The molecule has 2 aliphatic carbocycles. The summed E-state index contributed by atoms with van der Waals surface area (Å²) in [6, 6.07) is 0. The lowest BCUT2D eigenvalue weighted by molar-refractivity contribution is -0.110. The summed E-state index contributed by atoms with van der Waals surface area (Å²) in [4.78, 5) is 11.4. The maximum Gasteiger partial charge on any atom is 0.178 e. The molecule has 0 bridgehead atoms. The Morgan fingerprint density at radius 1 is 1.53 bits per heavy atom. The van der Waals surface area contributed by atoms with Gasteiger partial charge in [-0.05, 0) is 49.7 Å². The topological polar surface area (TPSA) is 37.3 Å². The third-order valence-electron chi connectivity index (χ3n) is 4.77. The summed E-state index contributed by atoms with van der Waals surface area (Å²) in [5.41, 5.74) is 1.37. The van der Waals surface area contributed by atoms with Crippen LogP contribution in [0.1, 0.15) is 39.5 Å². The van der Waals surface area contributed by atoms with Crippen LogP contribution in [0.3, 0.4) is 0 Å². The molecule has 17 heavy (non-hydrogen) atoms. The first-order chi connectivity index (χ1) is 8.08. The van der Waals surface area contributed by atoms with Gasteiger partial charge in [-0.2, -0.15) is 0 Å². The van der Waals surface area contributed by atoms with Crippen molar-refractivity contribution in [3.05, 3.63) is 23.8 Å². The van der Waals surface area contributed by atoms with Crippen LogP contribution in [0.5, 0.6) is 0 Å². The standard InChI is InChI=1S/C15H22O2/c1-11-12(4-3-9-16)5-6-13-10-14(17)7-8-15(11,13)2/h7-8,10-12,16H,3-6,9H2,1-2H3. The van der Waals surface area contributed by atoms with E-state index in [0.29, 0.717) is 11.8 Å². The number of fused-ring (bicyclic) bond motifs is 1. The zero-order valence-corrected chi connectivity index (χ0v) is 10.8. The Labute approximate surface area is 103 Å². The Morgan fingerprint density at radius 2 is 2.29 bits per heavy atom. The highest BCUT2D eigenvalue weighted by atomic mass is 16.2. The maximum absolute atomic E-state index is 11.4. The van der Waals surface area contributed by atoms with Gasteiger partial charge in [-0.3, -0.25) is 4.79 Å². The van der Waals surface area contributed by atoms with E-state index in [-0.39, 0.29) is 17.8 Å². The van der Waals surface area contributed by atoms with Crippen LogP contribution < -0.4 is 0 Å². The van der Waals surface area contributed by atoms with Crippen LogP contribution in [0, 0.1) is 17.3 Å². The Bertz CT molecular complexity index is 367. The van der Waals surface area contributed by atoms with Gasteiger partial charge < -0.3 is 5.11 Å². The lowest BCUT2D eigenvalue weighted by Crippen LogP contribution is -2.37. The predicted molar refractivity (Wildman–Crippen MR) is 68.5 cm³/mol. The van der Waals surface area contributed by atoms with E-state index >= 15 is 0 Å². The van der Waals surface area contributed by atoms with Gasteiger partial charge in [0.05, 0.1) is 0 Å². The van der Waals surface area contributed by atoms with Crippen molar-refractivity contribution < 1.29 is 9.90 Å². The van der Waals surface area contributed by atoms with Crippen molar-refractivity contribution in [3.8, 4) is 0 Å². The maximum atomic E-state index is 11.4. The molecule has 2 aliphatic rings. The number of carbonyl (C=O) groups excluding carboxylic acids is 1. The largest absolute Gasteiger partial charge is 0.396 e. The molecule has 3 atom stereocenters. The Hall–Kier alpha value is -0.890. The van der Waals surface area contributed by atoms with E-state index in [0.717, 1.165) is 25.7 Å². The number of hydrogen-bond donors (Lipinski definition) is 1. The van der Waals surface area contributed by atoms with Gasteiger partial charge in [0.1, 0.15) is 0 Å². The number of aliphatic hydroxyl groups excluding tert-OH is 1. The normalized spacial score (nSPS) is 36.6. The van der Waals surface area contributed by atoms with Gasteiger partial charge in [0.15, 0.2) is 5.78 Å². The minimum absolute atomic E-state index is 0.0618. The van der Waals surface area contributed by atoms with E-state index < -0.39 is 0 Å². The van der Waals surface area contributed by atoms with Gasteiger partial charge in [0.25, 0.3) is 0 Å². The molecule has 94 valence electrons. The summed E-state index contributed by atoms with van der Waals surface area (Å²) in [5, 5.41) is 8.94. The van der Waals surface area contributed by atoms with Crippen LogP contribution in [0.4, 0.5) is 0 Å².